The van der Waals surface area contributed by atoms with Crippen LogP contribution in [-0.4, -0.2) is 37.3 Å². The Labute approximate surface area is 126 Å². The van der Waals surface area contributed by atoms with Crippen LogP contribution < -0.4 is 10.2 Å². The number of nitrogens with zero attached hydrogens (tertiary/aromatic N) is 2. The zero-order valence-corrected chi connectivity index (χ0v) is 13.1. The lowest BCUT2D eigenvalue weighted by Gasteiger charge is -2.22. The summed E-state index contributed by atoms with van der Waals surface area (Å²) in [6, 6.07) is 4.59. The molecule has 1 N–H and O–H groups in total. The molecule has 5 heteroatoms. The number of aromatic nitrogens is 1. The van der Waals surface area contributed by atoms with Gasteiger partial charge in [-0.2, -0.15) is 0 Å². The maximum absolute atomic E-state index is 6.23. The fraction of sp³-hybridized carbons (Fsp3) is 0.667. The Morgan fingerprint density at radius 2 is 2.20 bits per heavy atom. The fourth-order valence-corrected chi connectivity index (χ4v) is 2.23. The van der Waals surface area contributed by atoms with Crippen LogP contribution in [0.1, 0.15) is 32.4 Å². The molecule has 0 aromatic carbocycles. The second kappa shape index (κ2) is 7.81. The number of anilines is 1. The van der Waals surface area contributed by atoms with E-state index in [1.807, 2.05) is 19.1 Å². The highest BCUT2D eigenvalue weighted by Crippen LogP contribution is 2.22. The number of ether oxygens (including phenoxy) is 1. The zero-order chi connectivity index (χ0) is 14.4. The van der Waals surface area contributed by atoms with Gasteiger partial charge in [0.1, 0.15) is 5.82 Å². The first-order chi connectivity index (χ1) is 9.74. The van der Waals surface area contributed by atoms with Crippen LogP contribution >= 0.6 is 11.6 Å². The van der Waals surface area contributed by atoms with Gasteiger partial charge in [0, 0.05) is 32.3 Å². The van der Waals surface area contributed by atoms with Crippen LogP contribution in [0.3, 0.4) is 0 Å². The van der Waals surface area contributed by atoms with Gasteiger partial charge in [0.2, 0.25) is 0 Å². The van der Waals surface area contributed by atoms with Gasteiger partial charge in [-0.25, -0.2) is 4.98 Å². The van der Waals surface area contributed by atoms with Crippen LogP contribution in [0.5, 0.6) is 0 Å². The zero-order valence-electron chi connectivity index (χ0n) is 12.4. The van der Waals surface area contributed by atoms with E-state index in [0.717, 1.165) is 49.4 Å². The van der Waals surface area contributed by atoms with Crippen molar-refractivity contribution in [2.75, 3.05) is 31.2 Å². The van der Waals surface area contributed by atoms with Crippen molar-refractivity contribution in [1.82, 2.24) is 10.3 Å². The number of hydrogen-bond donors (Lipinski definition) is 1. The second-order valence-electron chi connectivity index (χ2n) is 5.03. The summed E-state index contributed by atoms with van der Waals surface area (Å²) in [6.07, 6.45) is 2.54. The van der Waals surface area contributed by atoms with E-state index >= 15 is 0 Å². The molecule has 0 spiro atoms. The molecule has 0 atom stereocenters. The number of rotatable bonds is 9. The van der Waals surface area contributed by atoms with Crippen LogP contribution in [0.2, 0.25) is 5.02 Å². The molecule has 0 bridgehead atoms. The minimum absolute atomic E-state index is 0.664. The molecular weight excluding hydrogens is 274 g/mol. The minimum atomic E-state index is 0.664. The summed E-state index contributed by atoms with van der Waals surface area (Å²) >= 11 is 6.23. The smallest absolute Gasteiger partial charge is 0.129 e. The predicted octanol–water partition coefficient (Wildman–Crippen LogP) is 2.85. The highest BCUT2D eigenvalue weighted by molar-refractivity contribution is 6.31. The largest absolute Gasteiger partial charge is 0.380 e. The van der Waals surface area contributed by atoms with Gasteiger partial charge in [-0.15, -0.1) is 0 Å². The Balaban J connectivity index is 1.99. The van der Waals surface area contributed by atoms with Crippen molar-refractivity contribution in [3.8, 4) is 0 Å². The van der Waals surface area contributed by atoms with Crippen LogP contribution in [0.25, 0.3) is 0 Å². The van der Waals surface area contributed by atoms with Gasteiger partial charge in [0.25, 0.3) is 0 Å². The van der Waals surface area contributed by atoms with Crippen LogP contribution in [0.15, 0.2) is 12.1 Å². The van der Waals surface area contributed by atoms with Crippen molar-refractivity contribution in [3.63, 3.8) is 0 Å². The maximum atomic E-state index is 6.23. The van der Waals surface area contributed by atoms with E-state index in [1.165, 1.54) is 12.8 Å². The van der Waals surface area contributed by atoms with Crippen LogP contribution in [-0.2, 0) is 11.3 Å². The van der Waals surface area contributed by atoms with Crippen molar-refractivity contribution in [2.24, 2.45) is 0 Å². The summed E-state index contributed by atoms with van der Waals surface area (Å²) in [6.45, 7) is 8.14. The summed E-state index contributed by atoms with van der Waals surface area (Å²) in [5.74, 6) is 0.976. The molecule has 1 aromatic heterocycles. The van der Waals surface area contributed by atoms with Crippen molar-refractivity contribution in [3.05, 3.63) is 22.8 Å². The molecule has 1 heterocycles. The Morgan fingerprint density at radius 3 is 2.85 bits per heavy atom. The van der Waals surface area contributed by atoms with Gasteiger partial charge in [0.15, 0.2) is 0 Å². The minimum Gasteiger partial charge on any atom is -0.380 e. The van der Waals surface area contributed by atoms with Crippen LogP contribution in [0, 0.1) is 0 Å². The van der Waals surface area contributed by atoms with E-state index in [4.69, 9.17) is 21.3 Å². The fourth-order valence-electron chi connectivity index (χ4n) is 2.06. The van der Waals surface area contributed by atoms with E-state index in [-0.39, 0.29) is 0 Å². The molecule has 1 saturated carbocycles. The van der Waals surface area contributed by atoms with Crippen molar-refractivity contribution >= 4 is 17.4 Å². The first-order valence-corrected chi connectivity index (χ1v) is 7.83. The Kier molecular flexibility index (Phi) is 6.07. The summed E-state index contributed by atoms with van der Waals surface area (Å²) < 4.78 is 5.42. The van der Waals surface area contributed by atoms with Gasteiger partial charge in [-0.3, -0.25) is 0 Å². The molecule has 4 nitrogen and oxygen atoms in total. The molecule has 0 radical (unpaired) electrons. The van der Waals surface area contributed by atoms with Gasteiger partial charge in [0.05, 0.1) is 17.3 Å². The summed E-state index contributed by atoms with van der Waals surface area (Å²) in [5.41, 5.74) is 0.936. The highest BCUT2D eigenvalue weighted by Gasteiger charge is 2.21. The lowest BCUT2D eigenvalue weighted by Crippen LogP contribution is -2.28. The first kappa shape index (κ1) is 15.5. The molecule has 1 aliphatic carbocycles. The van der Waals surface area contributed by atoms with Gasteiger partial charge < -0.3 is 15.0 Å². The van der Waals surface area contributed by atoms with Gasteiger partial charge in [-0.1, -0.05) is 11.6 Å². The molecule has 0 aliphatic heterocycles. The summed E-state index contributed by atoms with van der Waals surface area (Å²) in [7, 11) is 0. The molecule has 112 valence electrons. The number of likely N-dealkylation sites (N-methyl/N-ethyl adjacent to an activating group) is 1. The summed E-state index contributed by atoms with van der Waals surface area (Å²) in [5, 5.41) is 4.20. The number of pyridine rings is 1. The normalized spacial score (nSPS) is 14.6. The van der Waals surface area contributed by atoms with E-state index in [1.54, 1.807) is 0 Å². The molecule has 1 fully saturated rings. The van der Waals surface area contributed by atoms with Crippen molar-refractivity contribution in [2.45, 2.75) is 39.3 Å². The van der Waals surface area contributed by atoms with Crippen molar-refractivity contribution < 1.29 is 4.74 Å². The molecule has 0 amide bonds. The second-order valence-corrected chi connectivity index (χ2v) is 5.44. The molecule has 2 rings (SSSR count). The highest BCUT2D eigenvalue weighted by atomic mass is 35.5. The average Bonchev–Trinajstić information content (AvgIpc) is 3.27. The Morgan fingerprint density at radius 1 is 1.40 bits per heavy atom. The van der Waals surface area contributed by atoms with Crippen molar-refractivity contribution in [1.29, 1.82) is 0 Å². The third kappa shape index (κ3) is 4.62. The Bertz CT molecular complexity index is 424. The lowest BCUT2D eigenvalue weighted by molar-refractivity contribution is 0.154. The average molecular weight is 298 g/mol. The SMILES string of the molecule is CCOCCN(CC)c1ccc(Cl)c(CNC2CC2)n1. The standard InChI is InChI=1S/C15H24ClN3O/c1-3-19(9-10-20-4-2)15-8-7-13(16)14(18-15)11-17-12-5-6-12/h7-8,12,17H,3-6,9-11H2,1-2H3. The topological polar surface area (TPSA) is 37.4 Å². The molecule has 1 aliphatic rings. The van der Waals surface area contributed by atoms with E-state index in [2.05, 4.69) is 17.1 Å². The lowest BCUT2D eigenvalue weighted by atomic mass is 10.3. The van der Waals surface area contributed by atoms with E-state index in [9.17, 15) is 0 Å². The monoisotopic (exact) mass is 297 g/mol. The molecule has 20 heavy (non-hydrogen) atoms. The predicted molar refractivity (Wildman–Crippen MR) is 83.5 cm³/mol. The first-order valence-electron chi connectivity index (χ1n) is 7.46. The van der Waals surface area contributed by atoms with Gasteiger partial charge in [-0.05, 0) is 38.8 Å². The number of hydrogen-bond acceptors (Lipinski definition) is 4. The Hall–Kier alpha value is -0.840. The van der Waals surface area contributed by atoms with Gasteiger partial charge >= 0.3 is 0 Å². The number of halogens is 1. The quantitative estimate of drug-likeness (QED) is 0.711. The van der Waals surface area contributed by atoms with Crippen LogP contribution in [0.4, 0.5) is 5.82 Å². The summed E-state index contributed by atoms with van der Waals surface area (Å²) in [4.78, 5) is 6.91. The maximum Gasteiger partial charge on any atom is 0.129 e. The molecule has 0 unspecified atom stereocenters. The number of nitrogens with one attached hydrogen (secondary N) is 1. The molecular formula is C15H24ClN3O. The third-order valence-electron chi connectivity index (χ3n) is 3.45. The molecule has 0 saturated heterocycles. The van der Waals surface area contributed by atoms with E-state index < -0.39 is 0 Å². The third-order valence-corrected chi connectivity index (χ3v) is 3.80. The molecule has 1 aromatic rings. The van der Waals surface area contributed by atoms with E-state index in [0.29, 0.717) is 6.04 Å².